The first-order valence-electron chi connectivity index (χ1n) is 11.3. The first kappa shape index (κ1) is 23.2. The van der Waals surface area contributed by atoms with Crippen molar-refractivity contribution in [1.82, 2.24) is 4.90 Å². The standard InChI is InChI=1S/C22H28N4O6S2/c1-11(2)10-26-19-13-5-4-12(8-13)17(19)20(27)18(22(26)28)21-23-15-7-6-14(24-33(3,29)30)9-16(15)34(31,32)25-21/h6-7,9,11-13,17,19,24,27H,4-5,8,10H2,1-3H3,(H,23,25). The predicted octanol–water partition coefficient (Wildman–Crippen LogP) is 2.30. The molecule has 2 fully saturated rings. The van der Waals surface area contributed by atoms with Crippen molar-refractivity contribution in [2.24, 2.45) is 28.1 Å². The number of amides is 1. The van der Waals surface area contributed by atoms with E-state index in [1.165, 1.54) is 18.2 Å². The van der Waals surface area contributed by atoms with Gasteiger partial charge in [0.2, 0.25) is 10.0 Å². The van der Waals surface area contributed by atoms with E-state index in [0.717, 1.165) is 25.5 Å². The Labute approximate surface area is 199 Å². The Kier molecular flexibility index (Phi) is 5.25. The smallest absolute Gasteiger partial charge is 0.286 e. The van der Waals surface area contributed by atoms with Crippen LogP contribution in [0.5, 0.6) is 0 Å². The number of anilines is 2. The molecule has 4 aliphatic rings. The molecule has 2 aliphatic carbocycles. The van der Waals surface area contributed by atoms with Gasteiger partial charge in [0.1, 0.15) is 16.2 Å². The summed E-state index contributed by atoms with van der Waals surface area (Å²) in [5.41, 5.74) is 0.138. The summed E-state index contributed by atoms with van der Waals surface area (Å²) in [6.07, 6.45) is 3.92. The number of amidine groups is 1. The third-order valence-corrected chi connectivity index (χ3v) is 9.03. The van der Waals surface area contributed by atoms with Crippen molar-refractivity contribution in [2.45, 2.75) is 44.0 Å². The van der Waals surface area contributed by atoms with Gasteiger partial charge in [-0.05, 0) is 55.2 Å². The number of aliphatic hydroxyl groups is 1. The number of hydrogen-bond donors (Lipinski definition) is 3. The van der Waals surface area contributed by atoms with E-state index in [4.69, 9.17) is 0 Å². The van der Waals surface area contributed by atoms with Crippen LogP contribution in [0.25, 0.3) is 0 Å². The summed E-state index contributed by atoms with van der Waals surface area (Å²) in [4.78, 5) is 15.2. The lowest BCUT2D eigenvalue weighted by Crippen LogP contribution is -2.55. The molecule has 2 aliphatic heterocycles. The van der Waals surface area contributed by atoms with Gasteiger partial charge < -0.3 is 15.3 Å². The van der Waals surface area contributed by atoms with Gasteiger partial charge in [0.25, 0.3) is 15.9 Å². The van der Waals surface area contributed by atoms with Crippen LogP contribution in [0.4, 0.5) is 11.4 Å². The zero-order valence-corrected chi connectivity index (χ0v) is 20.8. The SMILES string of the molecule is CC(C)CN1C(=O)C(C2=NS(=O)(=O)c3cc(NS(C)(=O)=O)ccc3N2)=C(O)C2C3CCC(C3)C21. The summed E-state index contributed by atoms with van der Waals surface area (Å²) in [6.45, 7) is 4.55. The number of benzene rings is 1. The van der Waals surface area contributed by atoms with Crippen molar-refractivity contribution >= 4 is 43.2 Å². The molecular formula is C22H28N4O6S2. The molecule has 4 unspecified atom stereocenters. The van der Waals surface area contributed by atoms with Gasteiger partial charge in [-0.25, -0.2) is 8.42 Å². The average Bonchev–Trinajstić information content (AvgIpc) is 3.32. The molecule has 0 spiro atoms. The van der Waals surface area contributed by atoms with Crippen molar-refractivity contribution < 1.29 is 26.7 Å². The number of nitrogens with zero attached hydrogens (tertiary/aromatic N) is 2. The molecular weight excluding hydrogens is 480 g/mol. The molecule has 4 atom stereocenters. The monoisotopic (exact) mass is 508 g/mol. The number of nitrogens with one attached hydrogen (secondary N) is 2. The van der Waals surface area contributed by atoms with Crippen LogP contribution in [0.2, 0.25) is 0 Å². The topological polar surface area (TPSA) is 145 Å². The molecule has 184 valence electrons. The van der Waals surface area contributed by atoms with Crippen LogP contribution < -0.4 is 10.0 Å². The van der Waals surface area contributed by atoms with Gasteiger partial charge in [-0.3, -0.25) is 9.52 Å². The van der Waals surface area contributed by atoms with Crippen LogP contribution in [0.15, 0.2) is 38.8 Å². The van der Waals surface area contributed by atoms with Gasteiger partial charge in [-0.1, -0.05) is 13.8 Å². The van der Waals surface area contributed by atoms with Gasteiger partial charge in [-0.15, -0.1) is 4.40 Å². The van der Waals surface area contributed by atoms with E-state index in [0.29, 0.717) is 12.5 Å². The van der Waals surface area contributed by atoms with Gasteiger partial charge in [-0.2, -0.15) is 8.42 Å². The van der Waals surface area contributed by atoms with Crippen molar-refractivity contribution in [3.63, 3.8) is 0 Å². The Hall–Kier alpha value is -2.60. The molecule has 2 heterocycles. The quantitative estimate of drug-likeness (QED) is 0.553. The second kappa shape index (κ2) is 7.70. The summed E-state index contributed by atoms with van der Waals surface area (Å²) >= 11 is 0. The molecule has 2 saturated carbocycles. The van der Waals surface area contributed by atoms with E-state index in [1.54, 1.807) is 4.90 Å². The summed E-state index contributed by atoms with van der Waals surface area (Å²) < 4.78 is 55.2. The normalized spacial score (nSPS) is 29.6. The van der Waals surface area contributed by atoms with Crippen LogP contribution in [0, 0.1) is 23.7 Å². The number of sulfonamides is 2. The number of carbonyl (C=O) groups excluding carboxylic acids is 1. The highest BCUT2D eigenvalue weighted by molar-refractivity contribution is 7.92. The molecule has 1 aromatic carbocycles. The number of rotatable bonds is 5. The molecule has 0 saturated heterocycles. The second-order valence-corrected chi connectivity index (χ2v) is 13.4. The molecule has 1 aromatic rings. The molecule has 5 rings (SSSR count). The van der Waals surface area contributed by atoms with Gasteiger partial charge in [0, 0.05) is 24.2 Å². The number of carbonyl (C=O) groups is 1. The maximum absolute atomic E-state index is 13.6. The highest BCUT2D eigenvalue weighted by Gasteiger charge is 2.57. The zero-order valence-electron chi connectivity index (χ0n) is 19.1. The highest BCUT2D eigenvalue weighted by Crippen LogP contribution is 2.55. The van der Waals surface area contributed by atoms with Crippen molar-refractivity contribution in [3.8, 4) is 0 Å². The minimum absolute atomic E-state index is 0.0740. The van der Waals surface area contributed by atoms with E-state index < -0.39 is 26.0 Å². The lowest BCUT2D eigenvalue weighted by molar-refractivity contribution is -0.134. The van der Waals surface area contributed by atoms with Crippen LogP contribution in [-0.2, 0) is 24.8 Å². The van der Waals surface area contributed by atoms with Gasteiger partial charge >= 0.3 is 0 Å². The average molecular weight is 509 g/mol. The molecule has 3 N–H and O–H groups in total. The van der Waals surface area contributed by atoms with Crippen LogP contribution in [0.3, 0.4) is 0 Å². The molecule has 2 bridgehead atoms. The summed E-state index contributed by atoms with van der Waals surface area (Å²) in [7, 11) is -7.87. The lowest BCUT2D eigenvalue weighted by Gasteiger charge is -2.44. The maximum atomic E-state index is 13.6. The Bertz CT molecular complexity index is 1350. The maximum Gasteiger partial charge on any atom is 0.286 e. The molecule has 0 aromatic heterocycles. The Balaban J connectivity index is 1.57. The van der Waals surface area contributed by atoms with Crippen molar-refractivity contribution in [2.75, 3.05) is 22.8 Å². The van der Waals surface area contributed by atoms with E-state index in [1.807, 2.05) is 13.8 Å². The minimum Gasteiger partial charge on any atom is -0.511 e. The minimum atomic E-state index is -4.26. The molecule has 10 nitrogen and oxygen atoms in total. The molecule has 34 heavy (non-hydrogen) atoms. The fourth-order valence-corrected chi connectivity index (χ4v) is 7.72. The van der Waals surface area contributed by atoms with Crippen LogP contribution >= 0.6 is 0 Å². The molecule has 0 radical (unpaired) electrons. The second-order valence-electron chi connectivity index (χ2n) is 10.1. The Morgan fingerprint density at radius 3 is 2.65 bits per heavy atom. The Morgan fingerprint density at radius 2 is 1.97 bits per heavy atom. The first-order chi connectivity index (χ1) is 15.9. The van der Waals surface area contributed by atoms with Crippen molar-refractivity contribution in [3.05, 3.63) is 29.5 Å². The fourth-order valence-electron chi connectivity index (χ4n) is 6.01. The van der Waals surface area contributed by atoms with E-state index >= 15 is 0 Å². The van der Waals surface area contributed by atoms with Gasteiger partial charge in [0.15, 0.2) is 5.84 Å². The lowest BCUT2D eigenvalue weighted by atomic mass is 9.77. The summed E-state index contributed by atoms with van der Waals surface area (Å²) in [6, 6.07) is 3.92. The van der Waals surface area contributed by atoms with E-state index in [9.17, 15) is 26.7 Å². The van der Waals surface area contributed by atoms with E-state index in [2.05, 4.69) is 14.4 Å². The number of aliphatic hydroxyl groups excluding tert-OH is 1. The van der Waals surface area contributed by atoms with Crippen LogP contribution in [0.1, 0.15) is 33.1 Å². The molecule has 12 heteroatoms. The van der Waals surface area contributed by atoms with Gasteiger partial charge in [0.05, 0.1) is 11.9 Å². The largest absolute Gasteiger partial charge is 0.511 e. The third-order valence-electron chi connectivity index (χ3n) is 7.10. The zero-order chi connectivity index (χ0) is 24.6. The van der Waals surface area contributed by atoms with E-state index in [-0.39, 0.29) is 57.2 Å². The van der Waals surface area contributed by atoms with Crippen molar-refractivity contribution in [1.29, 1.82) is 0 Å². The predicted molar refractivity (Wildman–Crippen MR) is 127 cm³/mol. The summed E-state index contributed by atoms with van der Waals surface area (Å²) in [5.74, 6) is -0.119. The summed E-state index contributed by atoms with van der Waals surface area (Å²) in [5, 5.41) is 14.2. The number of fused-ring (bicyclic) bond motifs is 6. The molecule has 1 amide bonds. The third kappa shape index (κ3) is 3.76. The fraction of sp³-hybridized carbons (Fsp3) is 0.545. The van der Waals surface area contributed by atoms with Crippen LogP contribution in [-0.4, -0.2) is 57.4 Å². The highest BCUT2D eigenvalue weighted by atomic mass is 32.2. The first-order valence-corrected chi connectivity index (χ1v) is 14.7. The number of hydrogen-bond acceptors (Lipinski definition) is 7. The Morgan fingerprint density at radius 1 is 1.26 bits per heavy atom.